The number of fused-ring (bicyclic) bond motifs is 1. The molecular formula is C19H28N2. The zero-order valence-electron chi connectivity index (χ0n) is 13.7. The number of anilines is 1. The van der Waals surface area contributed by atoms with E-state index in [1.54, 1.807) is 0 Å². The molecule has 0 aliphatic heterocycles. The summed E-state index contributed by atoms with van der Waals surface area (Å²) in [5, 5.41) is 4.71. The molecule has 1 aromatic carbocycles. The molecule has 2 rings (SSSR count). The summed E-state index contributed by atoms with van der Waals surface area (Å²) < 4.78 is 0. The van der Waals surface area contributed by atoms with E-state index in [0.29, 0.717) is 0 Å². The molecule has 21 heavy (non-hydrogen) atoms. The van der Waals surface area contributed by atoms with E-state index in [9.17, 15) is 0 Å². The predicted octanol–water partition coefficient (Wildman–Crippen LogP) is 5.56. The second kappa shape index (κ2) is 8.02. The fourth-order valence-corrected chi connectivity index (χ4v) is 2.64. The standard InChI is InChI=1S/C19H28N2/c1-15(2)10-6-4-5-9-13-20-19-16(3)14-17-11-7-8-12-18(17)21-19/h7-8,11-12,14-15H,4-6,9-10,13H2,1-3H3,(H,20,21). The van der Waals surface area contributed by atoms with Crippen LogP contribution in [0.2, 0.25) is 0 Å². The summed E-state index contributed by atoms with van der Waals surface area (Å²) in [6.07, 6.45) is 6.62. The highest BCUT2D eigenvalue weighted by Crippen LogP contribution is 2.19. The molecule has 2 nitrogen and oxygen atoms in total. The first-order valence-corrected chi connectivity index (χ1v) is 8.27. The summed E-state index contributed by atoms with van der Waals surface area (Å²) in [4.78, 5) is 4.72. The monoisotopic (exact) mass is 284 g/mol. The van der Waals surface area contributed by atoms with E-state index in [1.165, 1.54) is 43.1 Å². The highest BCUT2D eigenvalue weighted by Gasteiger charge is 2.02. The van der Waals surface area contributed by atoms with Crippen molar-refractivity contribution in [3.8, 4) is 0 Å². The Kier molecular flexibility index (Phi) is 6.04. The first-order valence-electron chi connectivity index (χ1n) is 8.27. The normalized spacial score (nSPS) is 11.2. The van der Waals surface area contributed by atoms with E-state index < -0.39 is 0 Å². The molecule has 0 saturated heterocycles. The van der Waals surface area contributed by atoms with Crippen LogP contribution in [0.25, 0.3) is 10.9 Å². The number of nitrogens with one attached hydrogen (secondary N) is 1. The Morgan fingerprint density at radius 2 is 1.81 bits per heavy atom. The second-order valence-electron chi connectivity index (χ2n) is 6.37. The molecule has 0 atom stereocenters. The smallest absolute Gasteiger partial charge is 0.129 e. The highest BCUT2D eigenvalue weighted by atomic mass is 15.0. The molecule has 0 aliphatic rings. The van der Waals surface area contributed by atoms with Crippen molar-refractivity contribution in [3.05, 3.63) is 35.9 Å². The number of para-hydroxylation sites is 1. The average molecular weight is 284 g/mol. The molecule has 2 aromatic rings. The lowest BCUT2D eigenvalue weighted by molar-refractivity contribution is 0.523. The van der Waals surface area contributed by atoms with Crippen molar-refractivity contribution >= 4 is 16.7 Å². The summed E-state index contributed by atoms with van der Waals surface area (Å²) in [5.74, 6) is 1.88. The van der Waals surface area contributed by atoms with Gasteiger partial charge in [-0.1, -0.05) is 57.7 Å². The minimum absolute atomic E-state index is 0.840. The van der Waals surface area contributed by atoms with Crippen molar-refractivity contribution < 1.29 is 0 Å². The molecular weight excluding hydrogens is 256 g/mol. The SMILES string of the molecule is Cc1cc2ccccc2nc1NCCCCCCC(C)C. The van der Waals surface area contributed by atoms with Crippen LogP contribution in [0, 0.1) is 12.8 Å². The number of rotatable bonds is 8. The van der Waals surface area contributed by atoms with E-state index in [2.05, 4.69) is 50.4 Å². The Morgan fingerprint density at radius 3 is 2.62 bits per heavy atom. The zero-order valence-corrected chi connectivity index (χ0v) is 13.7. The molecule has 0 fully saturated rings. The van der Waals surface area contributed by atoms with Crippen molar-refractivity contribution in [1.29, 1.82) is 0 Å². The van der Waals surface area contributed by atoms with Gasteiger partial charge in [-0.2, -0.15) is 0 Å². The van der Waals surface area contributed by atoms with Crippen LogP contribution < -0.4 is 5.32 Å². The fraction of sp³-hybridized carbons (Fsp3) is 0.526. The molecule has 1 aromatic heterocycles. The average Bonchev–Trinajstić information content (AvgIpc) is 2.46. The number of unbranched alkanes of at least 4 members (excludes halogenated alkanes) is 3. The van der Waals surface area contributed by atoms with Gasteiger partial charge in [-0.05, 0) is 37.0 Å². The molecule has 0 spiro atoms. The van der Waals surface area contributed by atoms with E-state index in [1.807, 2.05) is 6.07 Å². The topological polar surface area (TPSA) is 24.9 Å². The third-order valence-electron chi connectivity index (χ3n) is 3.92. The largest absolute Gasteiger partial charge is 0.370 e. The summed E-state index contributed by atoms with van der Waals surface area (Å²) in [6.45, 7) is 7.75. The predicted molar refractivity (Wildman–Crippen MR) is 92.9 cm³/mol. The van der Waals surface area contributed by atoms with Gasteiger partial charge in [0.05, 0.1) is 5.52 Å². The number of hydrogen-bond donors (Lipinski definition) is 1. The molecule has 0 radical (unpaired) electrons. The summed E-state index contributed by atoms with van der Waals surface area (Å²) >= 11 is 0. The second-order valence-corrected chi connectivity index (χ2v) is 6.37. The first kappa shape index (κ1) is 15.8. The molecule has 0 saturated carbocycles. The van der Waals surface area contributed by atoms with Gasteiger partial charge in [0.2, 0.25) is 0 Å². The van der Waals surface area contributed by atoms with Gasteiger partial charge in [0.25, 0.3) is 0 Å². The van der Waals surface area contributed by atoms with Crippen molar-refractivity contribution in [2.24, 2.45) is 5.92 Å². The van der Waals surface area contributed by atoms with Crippen molar-refractivity contribution in [2.45, 2.75) is 52.9 Å². The van der Waals surface area contributed by atoms with Gasteiger partial charge >= 0.3 is 0 Å². The van der Waals surface area contributed by atoms with Gasteiger partial charge in [0, 0.05) is 11.9 Å². The van der Waals surface area contributed by atoms with Crippen molar-refractivity contribution in [2.75, 3.05) is 11.9 Å². The summed E-state index contributed by atoms with van der Waals surface area (Å²) in [7, 11) is 0. The lowest BCUT2D eigenvalue weighted by Gasteiger charge is -2.10. The maximum absolute atomic E-state index is 4.72. The van der Waals surface area contributed by atoms with E-state index >= 15 is 0 Å². The Bertz CT molecular complexity index is 560. The minimum Gasteiger partial charge on any atom is -0.370 e. The lowest BCUT2D eigenvalue weighted by Crippen LogP contribution is -2.05. The van der Waals surface area contributed by atoms with Crippen LogP contribution >= 0.6 is 0 Å². The van der Waals surface area contributed by atoms with Crippen molar-refractivity contribution in [3.63, 3.8) is 0 Å². The molecule has 1 N–H and O–H groups in total. The number of nitrogens with zero attached hydrogens (tertiary/aromatic N) is 1. The van der Waals surface area contributed by atoms with Crippen LogP contribution in [0.15, 0.2) is 30.3 Å². The van der Waals surface area contributed by atoms with Gasteiger partial charge in [-0.25, -0.2) is 4.98 Å². The molecule has 114 valence electrons. The Hall–Kier alpha value is -1.57. The number of hydrogen-bond acceptors (Lipinski definition) is 2. The summed E-state index contributed by atoms with van der Waals surface area (Å²) in [6, 6.07) is 10.5. The fourth-order valence-electron chi connectivity index (χ4n) is 2.64. The van der Waals surface area contributed by atoms with Crippen LogP contribution in [0.4, 0.5) is 5.82 Å². The minimum atomic E-state index is 0.840. The zero-order chi connectivity index (χ0) is 15.1. The molecule has 0 unspecified atom stereocenters. The van der Waals surface area contributed by atoms with Crippen molar-refractivity contribution in [1.82, 2.24) is 4.98 Å². The maximum atomic E-state index is 4.72. The number of pyridine rings is 1. The molecule has 0 aliphatic carbocycles. The quantitative estimate of drug-likeness (QED) is 0.642. The van der Waals surface area contributed by atoms with Crippen LogP contribution in [0.1, 0.15) is 51.5 Å². The number of aromatic nitrogens is 1. The third kappa shape index (κ3) is 5.04. The molecule has 0 amide bonds. The molecule has 1 heterocycles. The maximum Gasteiger partial charge on any atom is 0.129 e. The Morgan fingerprint density at radius 1 is 1.05 bits per heavy atom. The van der Waals surface area contributed by atoms with Gasteiger partial charge in [0.15, 0.2) is 0 Å². The van der Waals surface area contributed by atoms with Crippen LogP contribution in [0.5, 0.6) is 0 Å². The number of benzene rings is 1. The van der Waals surface area contributed by atoms with Crippen LogP contribution in [-0.4, -0.2) is 11.5 Å². The van der Waals surface area contributed by atoms with Gasteiger partial charge < -0.3 is 5.32 Å². The Balaban J connectivity index is 1.77. The van der Waals surface area contributed by atoms with Gasteiger partial charge in [-0.15, -0.1) is 0 Å². The highest BCUT2D eigenvalue weighted by molar-refractivity contribution is 5.81. The summed E-state index contributed by atoms with van der Waals surface area (Å²) in [5.41, 5.74) is 2.30. The van der Waals surface area contributed by atoms with Crippen LogP contribution in [-0.2, 0) is 0 Å². The third-order valence-corrected chi connectivity index (χ3v) is 3.92. The van der Waals surface area contributed by atoms with E-state index in [-0.39, 0.29) is 0 Å². The lowest BCUT2D eigenvalue weighted by atomic mass is 10.0. The Labute approximate surface area is 129 Å². The van der Waals surface area contributed by atoms with Crippen LogP contribution in [0.3, 0.4) is 0 Å². The van der Waals surface area contributed by atoms with E-state index in [0.717, 1.165) is 23.8 Å². The van der Waals surface area contributed by atoms with Gasteiger partial charge in [0.1, 0.15) is 5.82 Å². The number of aryl methyl sites for hydroxylation is 1. The van der Waals surface area contributed by atoms with E-state index in [4.69, 9.17) is 4.98 Å². The first-order chi connectivity index (χ1) is 10.2. The molecule has 2 heteroatoms. The molecule has 0 bridgehead atoms. The van der Waals surface area contributed by atoms with Gasteiger partial charge in [-0.3, -0.25) is 0 Å².